The highest BCUT2D eigenvalue weighted by molar-refractivity contribution is 8.19. The molecule has 2 heterocycles. The number of anilines is 2. The van der Waals surface area contributed by atoms with Gasteiger partial charge in [0.2, 0.25) is 0 Å². The Kier molecular flexibility index (Phi) is 9.02. The molecule has 8 nitrogen and oxygen atoms in total. The molecule has 0 aliphatic carbocycles. The number of nitrogens with zero attached hydrogens (tertiary/aromatic N) is 4. The van der Waals surface area contributed by atoms with E-state index in [4.69, 9.17) is 4.99 Å². The van der Waals surface area contributed by atoms with Crippen LogP contribution in [0.25, 0.3) is 0 Å². The number of fused-ring (bicyclic) bond motifs is 1. The van der Waals surface area contributed by atoms with Crippen LogP contribution < -0.4 is 15.5 Å². The Bertz CT molecular complexity index is 1510. The van der Waals surface area contributed by atoms with Crippen molar-refractivity contribution in [2.45, 2.75) is 18.4 Å². The smallest absolute Gasteiger partial charge is 0.269 e. The number of likely N-dealkylation sites (N-methyl/N-ethyl adjacent to an activating group) is 1. The quantitative estimate of drug-likeness (QED) is 0.317. The first-order valence-corrected chi connectivity index (χ1v) is 15.2. The average molecular weight is 587 g/mol. The van der Waals surface area contributed by atoms with Crippen LogP contribution in [0.3, 0.4) is 0 Å². The van der Waals surface area contributed by atoms with Crippen LogP contribution in [-0.2, 0) is 11.3 Å². The molecule has 1 saturated heterocycles. The van der Waals surface area contributed by atoms with E-state index < -0.39 is 0 Å². The molecule has 5 rings (SSSR count). The van der Waals surface area contributed by atoms with E-state index in [9.17, 15) is 9.59 Å². The molecule has 0 bridgehead atoms. The molecule has 0 unspecified atom stereocenters. The lowest BCUT2D eigenvalue weighted by molar-refractivity contribution is -0.122. The van der Waals surface area contributed by atoms with E-state index in [2.05, 4.69) is 27.7 Å². The molecular weight excluding hydrogens is 553 g/mol. The third-order valence-corrected chi connectivity index (χ3v) is 9.10. The number of amides is 2. The molecule has 212 valence electrons. The van der Waals surface area contributed by atoms with Crippen molar-refractivity contribution < 1.29 is 9.59 Å². The van der Waals surface area contributed by atoms with Gasteiger partial charge in [0.05, 0.1) is 28.6 Å². The van der Waals surface area contributed by atoms with Gasteiger partial charge in [-0.05, 0) is 68.7 Å². The lowest BCUT2D eigenvalue weighted by atomic mass is 10.1. The summed E-state index contributed by atoms with van der Waals surface area (Å²) >= 11 is 2.98. The van der Waals surface area contributed by atoms with E-state index in [-0.39, 0.29) is 11.8 Å². The zero-order valence-corrected chi connectivity index (χ0v) is 25.3. The topological polar surface area (TPSA) is 80.3 Å². The molecule has 2 amide bonds. The van der Waals surface area contributed by atoms with Crippen molar-refractivity contribution in [2.24, 2.45) is 4.99 Å². The molecule has 10 heteroatoms. The van der Waals surface area contributed by atoms with Crippen LogP contribution in [0.4, 0.5) is 17.1 Å². The van der Waals surface area contributed by atoms with Crippen LogP contribution in [-0.4, -0.2) is 67.6 Å². The van der Waals surface area contributed by atoms with Gasteiger partial charge in [0.15, 0.2) is 5.17 Å². The highest BCUT2D eigenvalue weighted by Crippen LogP contribution is 2.50. The van der Waals surface area contributed by atoms with Crippen LogP contribution >= 0.6 is 23.5 Å². The SMILES string of the molecule is CCNc1ccc(C(=O)NCCN(C)C)cc1N=C1S/C(=C2\Sc3ccccc3N2C)C(=O)N1Cc1ccccc1. The van der Waals surface area contributed by atoms with Crippen molar-refractivity contribution in [1.29, 1.82) is 0 Å². The van der Waals surface area contributed by atoms with Crippen LogP contribution in [0.2, 0.25) is 0 Å². The van der Waals surface area contributed by atoms with Gasteiger partial charge in [-0.15, -0.1) is 0 Å². The van der Waals surface area contributed by atoms with Crippen LogP contribution in [0.15, 0.2) is 92.6 Å². The van der Waals surface area contributed by atoms with Gasteiger partial charge in [-0.25, -0.2) is 4.99 Å². The van der Waals surface area contributed by atoms with Gasteiger partial charge >= 0.3 is 0 Å². The summed E-state index contributed by atoms with van der Waals surface area (Å²) in [6.45, 7) is 4.40. The molecule has 3 aromatic carbocycles. The number of carbonyl (C=O) groups is 2. The maximum Gasteiger partial charge on any atom is 0.269 e. The van der Waals surface area contributed by atoms with Gasteiger partial charge in [-0.1, -0.05) is 54.2 Å². The van der Waals surface area contributed by atoms with Gasteiger partial charge < -0.3 is 20.4 Å². The standard InChI is InChI=1S/C31H34N6O2S2/c1-5-32-23-16-15-22(28(38)33-17-18-35(2)3)19-24(23)34-31-37(20-21-11-7-6-8-12-21)29(39)27(41-31)30-36(4)25-13-9-10-14-26(25)40-30/h6-16,19,32H,5,17-18,20H2,1-4H3,(H,33,38)/b30-27-,34-31?. The summed E-state index contributed by atoms with van der Waals surface area (Å²) in [5.74, 6) is -0.237. The number of rotatable bonds is 9. The summed E-state index contributed by atoms with van der Waals surface area (Å²) in [4.78, 5) is 39.5. The molecule has 2 aliphatic rings. The number of nitrogens with one attached hydrogen (secondary N) is 2. The van der Waals surface area contributed by atoms with E-state index in [0.717, 1.165) is 33.4 Å². The predicted octanol–water partition coefficient (Wildman–Crippen LogP) is 5.58. The molecule has 0 aromatic heterocycles. The summed E-state index contributed by atoms with van der Waals surface area (Å²) in [5.41, 5.74) is 4.03. The molecule has 0 saturated carbocycles. The minimum Gasteiger partial charge on any atom is -0.384 e. The molecule has 41 heavy (non-hydrogen) atoms. The third kappa shape index (κ3) is 6.45. The van der Waals surface area contributed by atoms with Gasteiger partial charge in [-0.3, -0.25) is 14.5 Å². The number of amidine groups is 1. The Morgan fingerprint density at radius 2 is 1.76 bits per heavy atom. The third-order valence-electron chi connectivity index (χ3n) is 6.67. The fourth-order valence-corrected chi connectivity index (χ4v) is 6.86. The van der Waals surface area contributed by atoms with Gasteiger partial charge in [-0.2, -0.15) is 0 Å². The first-order chi connectivity index (χ1) is 19.9. The number of thioether (sulfide) groups is 2. The monoisotopic (exact) mass is 586 g/mol. The molecule has 1 fully saturated rings. The Hall–Kier alpha value is -3.73. The summed E-state index contributed by atoms with van der Waals surface area (Å²) in [5, 5.41) is 7.80. The van der Waals surface area contributed by atoms with Gasteiger partial charge in [0.1, 0.15) is 4.91 Å². The molecule has 2 aliphatic heterocycles. The average Bonchev–Trinajstić information content (AvgIpc) is 3.46. The minimum atomic E-state index is -0.155. The summed E-state index contributed by atoms with van der Waals surface area (Å²) in [7, 11) is 5.93. The van der Waals surface area contributed by atoms with Crippen LogP contribution in [0.1, 0.15) is 22.8 Å². The van der Waals surface area contributed by atoms with Crippen molar-refractivity contribution in [1.82, 2.24) is 15.1 Å². The van der Waals surface area contributed by atoms with Crippen molar-refractivity contribution >= 4 is 57.6 Å². The van der Waals surface area contributed by atoms with Gasteiger partial charge in [0.25, 0.3) is 11.8 Å². The fourth-order valence-electron chi connectivity index (χ4n) is 4.53. The van der Waals surface area contributed by atoms with E-state index in [1.54, 1.807) is 28.8 Å². The lowest BCUT2D eigenvalue weighted by Gasteiger charge is -2.17. The molecule has 0 spiro atoms. The number of para-hydroxylation sites is 1. The summed E-state index contributed by atoms with van der Waals surface area (Å²) in [6, 6.07) is 23.5. The normalized spacial score (nSPS) is 17.5. The maximum atomic E-state index is 14.0. The highest BCUT2D eigenvalue weighted by atomic mass is 32.2. The molecular formula is C31H34N6O2S2. The van der Waals surface area contributed by atoms with Crippen molar-refractivity contribution in [3.8, 4) is 0 Å². The van der Waals surface area contributed by atoms with E-state index >= 15 is 0 Å². The highest BCUT2D eigenvalue weighted by Gasteiger charge is 2.39. The largest absolute Gasteiger partial charge is 0.384 e. The fraction of sp³-hybridized carbons (Fsp3) is 0.258. The molecule has 2 N–H and O–H groups in total. The second-order valence-electron chi connectivity index (χ2n) is 9.96. The Morgan fingerprint density at radius 1 is 1.00 bits per heavy atom. The zero-order valence-electron chi connectivity index (χ0n) is 23.7. The van der Waals surface area contributed by atoms with Crippen molar-refractivity contribution in [3.05, 3.63) is 93.9 Å². The first-order valence-electron chi connectivity index (χ1n) is 13.5. The first kappa shape index (κ1) is 28.8. The Morgan fingerprint density at radius 3 is 2.49 bits per heavy atom. The Labute approximate surface area is 249 Å². The number of benzene rings is 3. The van der Waals surface area contributed by atoms with E-state index in [1.807, 2.05) is 81.5 Å². The van der Waals surface area contributed by atoms with Crippen LogP contribution in [0.5, 0.6) is 0 Å². The second-order valence-corrected chi connectivity index (χ2v) is 12.0. The second kappa shape index (κ2) is 12.8. The minimum absolute atomic E-state index is 0.0812. The van der Waals surface area contributed by atoms with Crippen LogP contribution in [0, 0.1) is 0 Å². The maximum absolute atomic E-state index is 14.0. The van der Waals surface area contributed by atoms with Crippen molar-refractivity contribution in [2.75, 3.05) is 51.0 Å². The summed E-state index contributed by atoms with van der Waals surface area (Å²) < 4.78 is 0. The summed E-state index contributed by atoms with van der Waals surface area (Å²) in [6.07, 6.45) is 0. The van der Waals surface area contributed by atoms with E-state index in [0.29, 0.717) is 41.0 Å². The lowest BCUT2D eigenvalue weighted by Crippen LogP contribution is -2.31. The molecule has 0 radical (unpaired) electrons. The number of hydrogen-bond acceptors (Lipinski definition) is 8. The molecule has 3 aromatic rings. The Balaban J connectivity index is 1.53. The number of aliphatic imine (C=N–C) groups is 1. The van der Waals surface area contributed by atoms with Gasteiger partial charge in [0, 0.05) is 37.1 Å². The number of carbonyl (C=O) groups excluding carboxylic acids is 2. The van der Waals surface area contributed by atoms with E-state index in [1.165, 1.54) is 11.8 Å². The van der Waals surface area contributed by atoms with Crippen molar-refractivity contribution in [3.63, 3.8) is 0 Å². The number of hydrogen-bond donors (Lipinski definition) is 2. The predicted molar refractivity (Wildman–Crippen MR) is 171 cm³/mol. The zero-order chi connectivity index (χ0) is 28.9. The molecule has 0 atom stereocenters.